The summed E-state index contributed by atoms with van der Waals surface area (Å²) in [5.74, 6) is 0.969. The number of benzene rings is 1. The van der Waals surface area contributed by atoms with E-state index in [0.717, 1.165) is 11.4 Å². The third-order valence-electron chi connectivity index (χ3n) is 3.19. The second kappa shape index (κ2) is 5.13. The van der Waals surface area contributed by atoms with E-state index < -0.39 is 0 Å². The van der Waals surface area contributed by atoms with Gasteiger partial charge in [0, 0.05) is 6.54 Å². The second-order valence-electron chi connectivity index (χ2n) is 4.50. The van der Waals surface area contributed by atoms with Crippen LogP contribution in [-0.4, -0.2) is 32.1 Å². The highest BCUT2D eigenvalue weighted by Crippen LogP contribution is 2.14. The first-order chi connectivity index (χ1) is 9.22. The minimum Gasteiger partial charge on any atom is -0.333 e. The van der Waals surface area contributed by atoms with Gasteiger partial charge in [-0.2, -0.15) is 0 Å². The molecule has 98 valence electrons. The van der Waals surface area contributed by atoms with Gasteiger partial charge in [0.1, 0.15) is 5.82 Å². The van der Waals surface area contributed by atoms with Gasteiger partial charge in [-0.05, 0) is 21.5 Å². The maximum absolute atomic E-state index is 12.2. The van der Waals surface area contributed by atoms with Crippen molar-refractivity contribution in [1.29, 1.82) is 0 Å². The predicted octanol–water partition coefficient (Wildman–Crippen LogP) is 1.63. The number of carbonyl (C=O) groups excluding carboxylic acids is 1. The number of fused-ring (bicyclic) bond motifs is 1. The average Bonchev–Trinajstić information content (AvgIpc) is 2.78. The van der Waals surface area contributed by atoms with Crippen molar-refractivity contribution in [3.05, 3.63) is 46.5 Å². The summed E-state index contributed by atoms with van der Waals surface area (Å²) in [5, 5.41) is 4.21. The van der Waals surface area contributed by atoms with Crippen LogP contribution in [0.3, 0.4) is 0 Å². The zero-order valence-electron chi connectivity index (χ0n) is 10.3. The molecule has 0 atom stereocenters. The summed E-state index contributed by atoms with van der Waals surface area (Å²) >= 11 is 3.26. The molecule has 2 aromatic rings. The maximum Gasteiger partial charge on any atom is 0.227 e. The molecule has 0 spiro atoms. The second-order valence-corrected chi connectivity index (χ2v) is 5.21. The van der Waals surface area contributed by atoms with Crippen molar-refractivity contribution < 1.29 is 4.79 Å². The highest BCUT2D eigenvalue weighted by molar-refractivity contribution is 9.10. The Balaban J connectivity index is 1.69. The Morgan fingerprint density at radius 3 is 2.84 bits per heavy atom. The molecule has 0 unspecified atom stereocenters. The summed E-state index contributed by atoms with van der Waals surface area (Å²) in [6.07, 6.45) is 0.441. The summed E-state index contributed by atoms with van der Waals surface area (Å²) in [5.41, 5.74) is 1.04. The molecule has 1 aliphatic heterocycles. The monoisotopic (exact) mass is 320 g/mol. The van der Waals surface area contributed by atoms with Gasteiger partial charge in [0.2, 0.25) is 10.6 Å². The van der Waals surface area contributed by atoms with Crippen molar-refractivity contribution in [3.8, 4) is 0 Å². The van der Waals surface area contributed by atoms with E-state index in [1.807, 2.05) is 39.9 Å². The minimum atomic E-state index is 0.136. The number of nitrogens with zero attached hydrogens (tertiary/aromatic N) is 4. The molecular weight excluding hydrogens is 308 g/mol. The lowest BCUT2D eigenvalue weighted by Gasteiger charge is -2.26. The first kappa shape index (κ1) is 12.3. The van der Waals surface area contributed by atoms with Crippen molar-refractivity contribution in [2.45, 2.75) is 19.5 Å². The Labute approximate surface area is 119 Å². The number of aromatic nitrogens is 3. The van der Waals surface area contributed by atoms with E-state index in [1.165, 1.54) is 0 Å². The van der Waals surface area contributed by atoms with Crippen molar-refractivity contribution in [2.75, 3.05) is 6.54 Å². The summed E-state index contributed by atoms with van der Waals surface area (Å²) in [4.78, 5) is 18.3. The number of rotatable bonds is 2. The molecule has 3 rings (SSSR count). The van der Waals surface area contributed by atoms with E-state index in [4.69, 9.17) is 0 Å². The van der Waals surface area contributed by atoms with Crippen LogP contribution < -0.4 is 0 Å². The van der Waals surface area contributed by atoms with Gasteiger partial charge in [-0.1, -0.05) is 30.3 Å². The Morgan fingerprint density at radius 1 is 1.26 bits per heavy atom. The molecule has 0 aliphatic carbocycles. The third kappa shape index (κ3) is 2.68. The molecule has 0 N–H and O–H groups in total. The van der Waals surface area contributed by atoms with Gasteiger partial charge in [-0.25, -0.2) is 9.67 Å². The molecule has 6 heteroatoms. The minimum absolute atomic E-state index is 0.136. The summed E-state index contributed by atoms with van der Waals surface area (Å²) in [6.45, 7) is 1.92. The number of hydrogen-bond acceptors (Lipinski definition) is 3. The topological polar surface area (TPSA) is 51.0 Å². The molecule has 1 amide bonds. The zero-order chi connectivity index (χ0) is 13.2. The van der Waals surface area contributed by atoms with Crippen LogP contribution in [0.15, 0.2) is 35.1 Å². The van der Waals surface area contributed by atoms with E-state index in [9.17, 15) is 4.79 Å². The molecule has 0 saturated heterocycles. The molecule has 2 heterocycles. The third-order valence-corrected chi connectivity index (χ3v) is 3.52. The molecule has 0 radical (unpaired) electrons. The van der Waals surface area contributed by atoms with E-state index in [-0.39, 0.29) is 5.91 Å². The highest BCUT2D eigenvalue weighted by Gasteiger charge is 2.22. The van der Waals surface area contributed by atoms with Gasteiger partial charge in [-0.3, -0.25) is 4.79 Å². The lowest BCUT2D eigenvalue weighted by molar-refractivity contribution is -0.132. The molecule has 5 nitrogen and oxygen atoms in total. The maximum atomic E-state index is 12.2. The van der Waals surface area contributed by atoms with E-state index in [1.54, 1.807) is 0 Å². The molecule has 0 fully saturated rings. The standard InChI is InChI=1S/C13H13BrN4O/c14-13-15-11-9-17(6-7-18(11)16-13)12(19)8-10-4-2-1-3-5-10/h1-5H,6-9H2. The van der Waals surface area contributed by atoms with Gasteiger partial charge >= 0.3 is 0 Å². The van der Waals surface area contributed by atoms with Crippen LogP contribution in [0.4, 0.5) is 0 Å². The van der Waals surface area contributed by atoms with Crippen molar-refractivity contribution in [1.82, 2.24) is 19.7 Å². The molecular formula is C13H13BrN4O. The van der Waals surface area contributed by atoms with E-state index >= 15 is 0 Å². The van der Waals surface area contributed by atoms with Gasteiger partial charge in [0.25, 0.3) is 0 Å². The zero-order valence-corrected chi connectivity index (χ0v) is 11.9. The molecule has 19 heavy (non-hydrogen) atoms. The SMILES string of the molecule is O=C(Cc1ccccc1)N1CCn2nc(Br)nc2C1. The predicted molar refractivity (Wildman–Crippen MR) is 73.3 cm³/mol. The van der Waals surface area contributed by atoms with E-state index in [0.29, 0.717) is 30.8 Å². The Kier molecular flexibility index (Phi) is 3.33. The summed E-state index contributed by atoms with van der Waals surface area (Å²) in [7, 11) is 0. The fourth-order valence-corrected chi connectivity index (χ4v) is 2.60. The number of halogens is 1. The fourth-order valence-electron chi connectivity index (χ4n) is 2.20. The highest BCUT2D eigenvalue weighted by atomic mass is 79.9. The van der Waals surface area contributed by atoms with Gasteiger partial charge in [0.15, 0.2) is 0 Å². The number of amides is 1. The van der Waals surface area contributed by atoms with Crippen LogP contribution in [0.25, 0.3) is 0 Å². The van der Waals surface area contributed by atoms with Crippen LogP contribution in [0.5, 0.6) is 0 Å². The first-order valence-electron chi connectivity index (χ1n) is 6.13. The van der Waals surface area contributed by atoms with Gasteiger partial charge in [0.05, 0.1) is 19.5 Å². The van der Waals surface area contributed by atoms with Crippen molar-refractivity contribution in [2.24, 2.45) is 0 Å². The molecule has 0 bridgehead atoms. The smallest absolute Gasteiger partial charge is 0.227 e. The first-order valence-corrected chi connectivity index (χ1v) is 6.92. The molecule has 1 aromatic carbocycles. The molecule has 1 aromatic heterocycles. The van der Waals surface area contributed by atoms with Crippen LogP contribution in [0.1, 0.15) is 11.4 Å². The normalized spacial score (nSPS) is 14.3. The summed E-state index contributed by atoms with van der Waals surface area (Å²) < 4.78 is 2.43. The Morgan fingerprint density at radius 2 is 2.05 bits per heavy atom. The quantitative estimate of drug-likeness (QED) is 0.845. The Hall–Kier alpha value is -1.69. The van der Waals surface area contributed by atoms with Gasteiger partial charge in [-0.15, -0.1) is 5.10 Å². The molecule has 1 aliphatic rings. The largest absolute Gasteiger partial charge is 0.333 e. The van der Waals surface area contributed by atoms with Crippen LogP contribution in [-0.2, 0) is 24.3 Å². The molecule has 0 saturated carbocycles. The van der Waals surface area contributed by atoms with E-state index in [2.05, 4.69) is 26.0 Å². The van der Waals surface area contributed by atoms with Crippen LogP contribution in [0, 0.1) is 0 Å². The lowest BCUT2D eigenvalue weighted by Crippen LogP contribution is -2.39. The van der Waals surface area contributed by atoms with Crippen LogP contribution >= 0.6 is 15.9 Å². The number of carbonyl (C=O) groups is 1. The van der Waals surface area contributed by atoms with Crippen molar-refractivity contribution >= 4 is 21.8 Å². The average molecular weight is 321 g/mol. The fraction of sp³-hybridized carbons (Fsp3) is 0.308. The lowest BCUT2D eigenvalue weighted by atomic mass is 10.1. The van der Waals surface area contributed by atoms with Crippen LogP contribution in [0.2, 0.25) is 0 Å². The number of hydrogen-bond donors (Lipinski definition) is 0. The Bertz CT molecular complexity index is 596. The summed E-state index contributed by atoms with van der Waals surface area (Å²) in [6, 6.07) is 9.80. The van der Waals surface area contributed by atoms with Gasteiger partial charge < -0.3 is 4.90 Å². The van der Waals surface area contributed by atoms with Crippen molar-refractivity contribution in [3.63, 3.8) is 0 Å².